The zero-order valence-corrected chi connectivity index (χ0v) is 10.6. The highest BCUT2D eigenvalue weighted by atomic mass is 16.5. The first kappa shape index (κ1) is 13.9. The van der Waals surface area contributed by atoms with Gasteiger partial charge >= 0.3 is 0 Å². The zero-order chi connectivity index (χ0) is 11.4. The van der Waals surface area contributed by atoms with E-state index >= 15 is 0 Å². The molecule has 0 heterocycles. The van der Waals surface area contributed by atoms with Crippen LogP contribution in [0.3, 0.4) is 0 Å². The van der Waals surface area contributed by atoms with Crippen LogP contribution in [0.4, 0.5) is 0 Å². The highest BCUT2D eigenvalue weighted by Crippen LogP contribution is 2.30. The van der Waals surface area contributed by atoms with E-state index in [1.807, 2.05) is 0 Å². The SMILES string of the molecule is CC(C)C(C)(CO)CCOC(C)(C)C. The molecule has 0 aliphatic carbocycles. The third-order valence-electron chi connectivity index (χ3n) is 2.96. The van der Waals surface area contributed by atoms with Gasteiger partial charge < -0.3 is 9.84 Å². The highest BCUT2D eigenvalue weighted by Gasteiger charge is 2.27. The average Bonchev–Trinajstić information content (AvgIpc) is 2.01. The minimum Gasteiger partial charge on any atom is -0.396 e. The van der Waals surface area contributed by atoms with Crippen LogP contribution in [0, 0.1) is 11.3 Å². The molecule has 2 nitrogen and oxygen atoms in total. The molecule has 0 aliphatic heterocycles. The van der Waals surface area contributed by atoms with E-state index in [-0.39, 0.29) is 17.6 Å². The summed E-state index contributed by atoms with van der Waals surface area (Å²) < 4.78 is 5.67. The van der Waals surface area contributed by atoms with Crippen molar-refractivity contribution in [2.75, 3.05) is 13.2 Å². The minimum atomic E-state index is -0.0760. The molecule has 2 heteroatoms. The quantitative estimate of drug-likeness (QED) is 0.743. The summed E-state index contributed by atoms with van der Waals surface area (Å²) in [5, 5.41) is 9.33. The van der Waals surface area contributed by atoms with E-state index in [1.165, 1.54) is 0 Å². The molecule has 0 fully saturated rings. The molecule has 0 aromatic heterocycles. The van der Waals surface area contributed by atoms with Crippen molar-refractivity contribution < 1.29 is 9.84 Å². The van der Waals surface area contributed by atoms with E-state index in [9.17, 15) is 5.11 Å². The van der Waals surface area contributed by atoms with Crippen LogP contribution in [0.25, 0.3) is 0 Å². The van der Waals surface area contributed by atoms with E-state index in [0.29, 0.717) is 5.92 Å². The van der Waals surface area contributed by atoms with Crippen LogP contribution in [-0.2, 0) is 4.74 Å². The Kier molecular flexibility index (Phi) is 5.10. The molecule has 0 bridgehead atoms. The summed E-state index contributed by atoms with van der Waals surface area (Å²) in [4.78, 5) is 0. The molecular weight excluding hydrogens is 176 g/mol. The van der Waals surface area contributed by atoms with E-state index in [0.717, 1.165) is 13.0 Å². The second-order valence-corrected chi connectivity index (χ2v) is 5.68. The first-order valence-electron chi connectivity index (χ1n) is 5.46. The van der Waals surface area contributed by atoms with Crippen molar-refractivity contribution in [3.8, 4) is 0 Å². The topological polar surface area (TPSA) is 29.5 Å². The lowest BCUT2D eigenvalue weighted by Crippen LogP contribution is -2.31. The van der Waals surface area contributed by atoms with Crippen LogP contribution >= 0.6 is 0 Å². The van der Waals surface area contributed by atoms with Crippen LogP contribution in [0.5, 0.6) is 0 Å². The number of aliphatic hydroxyl groups excluding tert-OH is 1. The van der Waals surface area contributed by atoms with Crippen LogP contribution in [0.1, 0.15) is 48.0 Å². The number of hydrogen-bond acceptors (Lipinski definition) is 2. The van der Waals surface area contributed by atoms with Crippen molar-refractivity contribution in [1.82, 2.24) is 0 Å². The maximum Gasteiger partial charge on any atom is 0.0598 e. The highest BCUT2D eigenvalue weighted by molar-refractivity contribution is 4.77. The monoisotopic (exact) mass is 202 g/mol. The Balaban J connectivity index is 3.97. The molecule has 0 aliphatic rings. The molecule has 0 saturated carbocycles. The molecule has 0 spiro atoms. The van der Waals surface area contributed by atoms with Gasteiger partial charge in [-0.3, -0.25) is 0 Å². The van der Waals surface area contributed by atoms with Gasteiger partial charge in [0.1, 0.15) is 0 Å². The molecule has 0 radical (unpaired) electrons. The van der Waals surface area contributed by atoms with Crippen molar-refractivity contribution in [3.05, 3.63) is 0 Å². The third-order valence-corrected chi connectivity index (χ3v) is 2.96. The van der Waals surface area contributed by atoms with E-state index in [1.54, 1.807) is 0 Å². The molecule has 1 atom stereocenters. The molecule has 0 aromatic carbocycles. The summed E-state index contributed by atoms with van der Waals surface area (Å²) in [7, 11) is 0. The molecule has 0 amide bonds. The standard InChI is InChI=1S/C12H26O2/c1-10(2)12(6,9-13)7-8-14-11(3,4)5/h10,13H,7-9H2,1-6H3. The van der Waals surface area contributed by atoms with Gasteiger partial charge in [0.2, 0.25) is 0 Å². The van der Waals surface area contributed by atoms with Crippen molar-refractivity contribution in [3.63, 3.8) is 0 Å². The lowest BCUT2D eigenvalue weighted by atomic mass is 9.77. The normalized spacial score (nSPS) is 17.1. The summed E-state index contributed by atoms with van der Waals surface area (Å²) in [6.45, 7) is 13.5. The summed E-state index contributed by atoms with van der Waals surface area (Å²) in [5.74, 6) is 0.482. The fourth-order valence-corrected chi connectivity index (χ4v) is 1.14. The van der Waals surface area contributed by atoms with E-state index in [4.69, 9.17) is 4.74 Å². The summed E-state index contributed by atoms with van der Waals surface area (Å²) in [6.07, 6.45) is 0.915. The van der Waals surface area contributed by atoms with Crippen molar-refractivity contribution in [1.29, 1.82) is 0 Å². The van der Waals surface area contributed by atoms with Crippen molar-refractivity contribution in [2.45, 2.75) is 53.6 Å². The van der Waals surface area contributed by atoms with Crippen LogP contribution in [-0.4, -0.2) is 23.9 Å². The molecule has 86 valence electrons. The second kappa shape index (κ2) is 5.13. The Morgan fingerprint density at radius 3 is 1.93 bits per heavy atom. The van der Waals surface area contributed by atoms with Gasteiger partial charge in [0.15, 0.2) is 0 Å². The Morgan fingerprint density at radius 1 is 1.14 bits per heavy atom. The lowest BCUT2D eigenvalue weighted by molar-refractivity contribution is -0.0322. The zero-order valence-electron chi connectivity index (χ0n) is 10.6. The number of hydrogen-bond donors (Lipinski definition) is 1. The predicted octanol–water partition coefficient (Wildman–Crippen LogP) is 2.85. The molecular formula is C12H26O2. The summed E-state index contributed by atoms with van der Waals surface area (Å²) in [6, 6.07) is 0. The Labute approximate surface area is 88.7 Å². The molecule has 0 aromatic rings. The van der Waals surface area contributed by atoms with Gasteiger partial charge in [0, 0.05) is 13.2 Å². The summed E-state index contributed by atoms with van der Waals surface area (Å²) in [5.41, 5.74) is -0.0847. The van der Waals surface area contributed by atoms with Crippen LogP contribution < -0.4 is 0 Å². The van der Waals surface area contributed by atoms with Gasteiger partial charge in [-0.15, -0.1) is 0 Å². The van der Waals surface area contributed by atoms with Gasteiger partial charge in [0.05, 0.1) is 5.60 Å². The predicted molar refractivity (Wildman–Crippen MR) is 60.4 cm³/mol. The number of rotatable bonds is 5. The van der Waals surface area contributed by atoms with E-state index < -0.39 is 0 Å². The maximum atomic E-state index is 9.33. The minimum absolute atomic E-state index is 0.00868. The largest absolute Gasteiger partial charge is 0.396 e. The van der Waals surface area contributed by atoms with Crippen molar-refractivity contribution in [2.24, 2.45) is 11.3 Å². The van der Waals surface area contributed by atoms with Crippen molar-refractivity contribution >= 4 is 0 Å². The van der Waals surface area contributed by atoms with E-state index in [2.05, 4.69) is 41.5 Å². The molecule has 1 unspecified atom stereocenters. The average molecular weight is 202 g/mol. The van der Waals surface area contributed by atoms with Gasteiger partial charge in [-0.1, -0.05) is 20.8 Å². The van der Waals surface area contributed by atoms with Crippen LogP contribution in [0.2, 0.25) is 0 Å². The second-order valence-electron chi connectivity index (χ2n) is 5.68. The summed E-state index contributed by atoms with van der Waals surface area (Å²) >= 11 is 0. The Morgan fingerprint density at radius 2 is 1.64 bits per heavy atom. The molecule has 0 rings (SSSR count). The van der Waals surface area contributed by atoms with Crippen LogP contribution in [0.15, 0.2) is 0 Å². The Hall–Kier alpha value is -0.0800. The molecule has 0 saturated heterocycles. The number of ether oxygens (including phenoxy) is 1. The lowest BCUT2D eigenvalue weighted by Gasteiger charge is -2.32. The third kappa shape index (κ3) is 4.97. The van der Waals surface area contributed by atoms with Gasteiger partial charge in [-0.2, -0.15) is 0 Å². The number of aliphatic hydroxyl groups is 1. The van der Waals surface area contributed by atoms with Gasteiger partial charge in [0.25, 0.3) is 0 Å². The first-order chi connectivity index (χ1) is 6.21. The molecule has 1 N–H and O–H groups in total. The maximum absolute atomic E-state index is 9.33. The van der Waals surface area contributed by atoms with Gasteiger partial charge in [-0.05, 0) is 38.5 Å². The fraction of sp³-hybridized carbons (Fsp3) is 1.00. The fourth-order valence-electron chi connectivity index (χ4n) is 1.14. The Bertz CT molecular complexity index is 158. The molecule has 14 heavy (non-hydrogen) atoms. The first-order valence-corrected chi connectivity index (χ1v) is 5.46. The van der Waals surface area contributed by atoms with Gasteiger partial charge in [-0.25, -0.2) is 0 Å². The smallest absolute Gasteiger partial charge is 0.0598 e.